The summed E-state index contributed by atoms with van der Waals surface area (Å²) in [6.07, 6.45) is 0. The van der Waals surface area contributed by atoms with Crippen LogP contribution in [0, 0.1) is 5.82 Å². The predicted molar refractivity (Wildman–Crippen MR) is 58.5 cm³/mol. The van der Waals surface area contributed by atoms with Crippen molar-refractivity contribution in [3.05, 3.63) is 35.1 Å². The molecule has 1 aromatic carbocycles. The molecule has 0 heterocycles. The summed E-state index contributed by atoms with van der Waals surface area (Å²) in [4.78, 5) is 21.8. The van der Waals surface area contributed by atoms with Gasteiger partial charge in [-0.05, 0) is 37.1 Å². The summed E-state index contributed by atoms with van der Waals surface area (Å²) in [7, 11) is 0. The Balaban J connectivity index is 3.30. The molecule has 2 atom stereocenters. The summed E-state index contributed by atoms with van der Waals surface area (Å²) < 4.78 is 13.1. The minimum absolute atomic E-state index is 0.201. The Kier molecular flexibility index (Phi) is 3.83. The molecule has 0 aliphatic heterocycles. The van der Waals surface area contributed by atoms with Crippen LogP contribution in [0.15, 0.2) is 18.2 Å². The molecule has 0 aliphatic rings. The summed E-state index contributed by atoms with van der Waals surface area (Å²) >= 11 is 0. The number of rotatable bonds is 4. The second-order valence-corrected chi connectivity index (χ2v) is 3.89. The van der Waals surface area contributed by atoms with Crippen LogP contribution in [0.1, 0.15) is 36.8 Å². The highest BCUT2D eigenvalue weighted by molar-refractivity contribution is 5.80. The van der Waals surface area contributed by atoms with Crippen molar-refractivity contribution < 1.29 is 24.2 Å². The van der Waals surface area contributed by atoms with Gasteiger partial charge in [-0.25, -0.2) is 4.39 Å². The van der Waals surface area contributed by atoms with Crippen LogP contribution in [0.25, 0.3) is 0 Å². The van der Waals surface area contributed by atoms with Gasteiger partial charge in [-0.1, -0.05) is 6.07 Å². The fraction of sp³-hybridized carbons (Fsp3) is 0.333. The zero-order valence-corrected chi connectivity index (χ0v) is 9.48. The smallest absolute Gasteiger partial charge is 0.310 e. The number of benzene rings is 1. The zero-order valence-electron chi connectivity index (χ0n) is 9.48. The van der Waals surface area contributed by atoms with Crippen LogP contribution in [0.3, 0.4) is 0 Å². The fourth-order valence-corrected chi connectivity index (χ4v) is 1.58. The van der Waals surface area contributed by atoms with Crippen LogP contribution in [-0.2, 0) is 9.59 Å². The highest BCUT2D eigenvalue weighted by Crippen LogP contribution is 2.27. The van der Waals surface area contributed by atoms with Gasteiger partial charge in [-0.15, -0.1) is 0 Å². The van der Waals surface area contributed by atoms with Crippen molar-refractivity contribution in [1.82, 2.24) is 0 Å². The van der Waals surface area contributed by atoms with E-state index in [0.29, 0.717) is 5.56 Å². The summed E-state index contributed by atoms with van der Waals surface area (Å²) in [6.45, 7) is 2.84. The van der Waals surface area contributed by atoms with E-state index in [2.05, 4.69) is 0 Å². The molecule has 0 bridgehead atoms. The van der Waals surface area contributed by atoms with Gasteiger partial charge < -0.3 is 10.2 Å². The number of aliphatic carboxylic acids is 2. The monoisotopic (exact) mass is 240 g/mol. The Morgan fingerprint density at radius 3 is 2.00 bits per heavy atom. The third kappa shape index (κ3) is 2.81. The molecule has 4 nitrogen and oxygen atoms in total. The first kappa shape index (κ1) is 13.2. The first-order valence-electron chi connectivity index (χ1n) is 5.09. The van der Waals surface area contributed by atoms with E-state index in [1.54, 1.807) is 0 Å². The molecule has 1 rings (SSSR count). The number of hydrogen-bond donors (Lipinski definition) is 2. The van der Waals surface area contributed by atoms with Gasteiger partial charge in [0.2, 0.25) is 0 Å². The normalized spacial score (nSPS) is 14.1. The lowest BCUT2D eigenvalue weighted by atomic mass is 9.89. The summed E-state index contributed by atoms with van der Waals surface area (Å²) in [6, 6.07) is 3.53. The van der Waals surface area contributed by atoms with Gasteiger partial charge in [0.15, 0.2) is 0 Å². The molecule has 17 heavy (non-hydrogen) atoms. The molecule has 2 unspecified atom stereocenters. The Bertz CT molecular complexity index is 456. The topological polar surface area (TPSA) is 74.6 Å². The van der Waals surface area contributed by atoms with E-state index < -0.39 is 29.6 Å². The molecule has 92 valence electrons. The predicted octanol–water partition coefficient (Wildman–Crippen LogP) is 2.20. The maximum Gasteiger partial charge on any atom is 0.310 e. The Hall–Kier alpha value is -1.91. The second-order valence-electron chi connectivity index (χ2n) is 3.89. The molecule has 0 aromatic heterocycles. The van der Waals surface area contributed by atoms with Gasteiger partial charge >= 0.3 is 11.9 Å². The molecule has 0 spiro atoms. The molecule has 0 saturated carbocycles. The first-order chi connectivity index (χ1) is 7.84. The molecule has 0 amide bonds. The molecule has 0 fully saturated rings. The molecular formula is C12H13FO4. The molecule has 0 saturated heterocycles. The van der Waals surface area contributed by atoms with Crippen molar-refractivity contribution in [3.8, 4) is 0 Å². The van der Waals surface area contributed by atoms with Crippen LogP contribution < -0.4 is 0 Å². The highest BCUT2D eigenvalue weighted by atomic mass is 19.1. The molecule has 2 N–H and O–H groups in total. The van der Waals surface area contributed by atoms with E-state index in [1.807, 2.05) is 0 Å². The standard InChI is InChI=1S/C12H13FO4/c1-6(11(14)15)9-4-3-8(13)5-10(9)7(2)12(16)17/h3-7H,1-2H3,(H,14,15)(H,16,17). The van der Waals surface area contributed by atoms with Crippen molar-refractivity contribution in [1.29, 1.82) is 0 Å². The third-order valence-electron chi connectivity index (χ3n) is 2.72. The van der Waals surface area contributed by atoms with Gasteiger partial charge in [0.25, 0.3) is 0 Å². The van der Waals surface area contributed by atoms with Crippen LogP contribution in [0.4, 0.5) is 4.39 Å². The average Bonchev–Trinajstić information content (AvgIpc) is 2.26. The van der Waals surface area contributed by atoms with Crippen molar-refractivity contribution in [2.45, 2.75) is 25.7 Å². The Morgan fingerprint density at radius 2 is 1.53 bits per heavy atom. The molecule has 0 aliphatic carbocycles. The summed E-state index contributed by atoms with van der Waals surface area (Å²) in [5.74, 6) is -4.57. The van der Waals surface area contributed by atoms with Crippen molar-refractivity contribution >= 4 is 11.9 Å². The van der Waals surface area contributed by atoms with Crippen LogP contribution in [-0.4, -0.2) is 22.2 Å². The van der Waals surface area contributed by atoms with E-state index in [1.165, 1.54) is 19.9 Å². The van der Waals surface area contributed by atoms with Crippen molar-refractivity contribution in [2.24, 2.45) is 0 Å². The summed E-state index contributed by atoms with van der Waals surface area (Å²) in [5.41, 5.74) is 0.529. The fourth-order valence-electron chi connectivity index (χ4n) is 1.58. The lowest BCUT2D eigenvalue weighted by molar-refractivity contribution is -0.140. The third-order valence-corrected chi connectivity index (χ3v) is 2.72. The number of hydrogen-bond acceptors (Lipinski definition) is 2. The van der Waals surface area contributed by atoms with Gasteiger partial charge in [0.1, 0.15) is 5.82 Å². The lowest BCUT2D eigenvalue weighted by Crippen LogP contribution is -2.15. The zero-order chi connectivity index (χ0) is 13.2. The largest absolute Gasteiger partial charge is 0.481 e. The molecule has 1 aromatic rings. The molecule has 5 heteroatoms. The van der Waals surface area contributed by atoms with Crippen molar-refractivity contribution in [3.63, 3.8) is 0 Å². The number of carboxylic acids is 2. The van der Waals surface area contributed by atoms with Gasteiger partial charge in [0, 0.05) is 0 Å². The van der Waals surface area contributed by atoms with Gasteiger partial charge in [-0.3, -0.25) is 9.59 Å². The molecule has 0 radical (unpaired) electrons. The van der Waals surface area contributed by atoms with E-state index in [0.717, 1.165) is 12.1 Å². The quantitative estimate of drug-likeness (QED) is 0.846. The van der Waals surface area contributed by atoms with E-state index >= 15 is 0 Å². The number of halogens is 1. The maximum atomic E-state index is 13.1. The Labute approximate surface area is 97.7 Å². The minimum atomic E-state index is -1.12. The number of carbonyl (C=O) groups is 2. The van der Waals surface area contributed by atoms with Gasteiger partial charge in [0.05, 0.1) is 11.8 Å². The minimum Gasteiger partial charge on any atom is -0.481 e. The van der Waals surface area contributed by atoms with E-state index in [-0.39, 0.29) is 5.56 Å². The van der Waals surface area contributed by atoms with Crippen LogP contribution >= 0.6 is 0 Å². The van der Waals surface area contributed by atoms with E-state index in [4.69, 9.17) is 10.2 Å². The van der Waals surface area contributed by atoms with Crippen molar-refractivity contribution in [2.75, 3.05) is 0 Å². The lowest BCUT2D eigenvalue weighted by Gasteiger charge is -2.16. The van der Waals surface area contributed by atoms with Crippen LogP contribution in [0.5, 0.6) is 0 Å². The highest BCUT2D eigenvalue weighted by Gasteiger charge is 2.24. The first-order valence-corrected chi connectivity index (χ1v) is 5.09. The average molecular weight is 240 g/mol. The van der Waals surface area contributed by atoms with Gasteiger partial charge in [-0.2, -0.15) is 0 Å². The maximum absolute atomic E-state index is 13.1. The molecular weight excluding hydrogens is 227 g/mol. The summed E-state index contributed by atoms with van der Waals surface area (Å²) in [5, 5.41) is 17.8. The number of carboxylic acid groups (broad SMARTS) is 2. The second kappa shape index (κ2) is 4.95. The Morgan fingerprint density at radius 1 is 1.06 bits per heavy atom. The van der Waals surface area contributed by atoms with E-state index in [9.17, 15) is 14.0 Å². The SMILES string of the molecule is CC(C(=O)O)c1ccc(F)cc1C(C)C(=O)O. The van der Waals surface area contributed by atoms with Crippen LogP contribution in [0.2, 0.25) is 0 Å².